The fourth-order valence-electron chi connectivity index (χ4n) is 1.56. The van der Waals surface area contributed by atoms with Gasteiger partial charge in [0.05, 0.1) is 28.4 Å². The van der Waals surface area contributed by atoms with E-state index in [2.05, 4.69) is 16.7 Å². The molecule has 16 heavy (non-hydrogen) atoms. The molecule has 4 heteroatoms. The number of amides is 1. The van der Waals surface area contributed by atoms with Gasteiger partial charge in [0.15, 0.2) is 0 Å². The summed E-state index contributed by atoms with van der Waals surface area (Å²) in [5, 5.41) is 14.8. The highest BCUT2D eigenvalue weighted by atomic mass is 16.2. The van der Waals surface area contributed by atoms with Crippen molar-refractivity contribution < 1.29 is 4.79 Å². The summed E-state index contributed by atoms with van der Waals surface area (Å²) >= 11 is 0. The van der Waals surface area contributed by atoms with Crippen molar-refractivity contribution in [1.29, 1.82) is 5.26 Å². The molecular formula is C12H13N3O. The summed E-state index contributed by atoms with van der Waals surface area (Å²) in [6, 6.07) is 7.28. The molecule has 0 radical (unpaired) electrons. The highest BCUT2D eigenvalue weighted by Crippen LogP contribution is 2.30. The summed E-state index contributed by atoms with van der Waals surface area (Å²) in [4.78, 5) is 11.9. The lowest BCUT2D eigenvalue weighted by atomic mass is 9.93. The number of nitriles is 1. The molecule has 1 heterocycles. The maximum Gasteiger partial charge on any atom is 0.231 e. The Bertz CT molecular complexity index is 486. The first-order valence-electron chi connectivity index (χ1n) is 5.12. The minimum atomic E-state index is -0.453. The molecule has 0 aromatic heterocycles. The Balaban J connectivity index is 2.42. The molecule has 0 bridgehead atoms. The van der Waals surface area contributed by atoms with Crippen LogP contribution < -0.4 is 10.6 Å². The average Bonchev–Trinajstić information content (AvgIpc) is 2.36. The van der Waals surface area contributed by atoms with Crippen molar-refractivity contribution in [2.24, 2.45) is 5.41 Å². The van der Waals surface area contributed by atoms with Gasteiger partial charge in [-0.05, 0) is 32.0 Å². The van der Waals surface area contributed by atoms with Gasteiger partial charge in [0, 0.05) is 6.54 Å². The molecule has 0 atom stereocenters. The van der Waals surface area contributed by atoms with E-state index in [9.17, 15) is 4.79 Å². The van der Waals surface area contributed by atoms with Gasteiger partial charge in [0.25, 0.3) is 0 Å². The van der Waals surface area contributed by atoms with Gasteiger partial charge in [-0.25, -0.2) is 0 Å². The van der Waals surface area contributed by atoms with Gasteiger partial charge in [-0.1, -0.05) is 0 Å². The molecule has 1 aliphatic heterocycles. The van der Waals surface area contributed by atoms with E-state index in [0.717, 1.165) is 5.69 Å². The van der Waals surface area contributed by atoms with E-state index in [4.69, 9.17) is 5.26 Å². The Hall–Kier alpha value is -2.02. The molecule has 0 saturated carbocycles. The van der Waals surface area contributed by atoms with Gasteiger partial charge in [0.1, 0.15) is 0 Å². The van der Waals surface area contributed by atoms with E-state index in [-0.39, 0.29) is 5.91 Å². The quantitative estimate of drug-likeness (QED) is 0.695. The van der Waals surface area contributed by atoms with E-state index in [1.807, 2.05) is 19.9 Å². The third kappa shape index (κ3) is 1.72. The molecule has 1 amide bonds. The topological polar surface area (TPSA) is 64.9 Å². The van der Waals surface area contributed by atoms with E-state index in [0.29, 0.717) is 17.8 Å². The van der Waals surface area contributed by atoms with Crippen molar-refractivity contribution in [2.75, 3.05) is 17.2 Å². The van der Waals surface area contributed by atoms with Gasteiger partial charge in [0.2, 0.25) is 5.91 Å². The van der Waals surface area contributed by atoms with Crippen molar-refractivity contribution in [3.63, 3.8) is 0 Å². The number of benzene rings is 1. The van der Waals surface area contributed by atoms with Crippen LogP contribution in [-0.2, 0) is 4.79 Å². The molecule has 0 aliphatic carbocycles. The van der Waals surface area contributed by atoms with Crippen molar-refractivity contribution in [2.45, 2.75) is 13.8 Å². The van der Waals surface area contributed by atoms with Gasteiger partial charge in [-0.15, -0.1) is 0 Å². The van der Waals surface area contributed by atoms with Crippen molar-refractivity contribution in [3.8, 4) is 6.07 Å². The molecule has 1 aromatic rings. The van der Waals surface area contributed by atoms with Crippen LogP contribution in [0.4, 0.5) is 11.4 Å². The molecule has 1 aliphatic rings. The molecule has 0 fully saturated rings. The number of rotatable bonds is 0. The number of nitrogens with one attached hydrogen (secondary N) is 2. The molecule has 0 saturated heterocycles. The highest BCUT2D eigenvalue weighted by molar-refractivity contribution is 5.99. The van der Waals surface area contributed by atoms with Crippen LogP contribution in [0.5, 0.6) is 0 Å². The van der Waals surface area contributed by atoms with Crippen LogP contribution in [0, 0.1) is 16.7 Å². The molecule has 2 N–H and O–H groups in total. The average molecular weight is 215 g/mol. The molecule has 1 aromatic carbocycles. The Labute approximate surface area is 94.3 Å². The minimum absolute atomic E-state index is 0.0335. The number of anilines is 2. The largest absolute Gasteiger partial charge is 0.382 e. The second-order valence-electron chi connectivity index (χ2n) is 4.56. The monoisotopic (exact) mass is 215 g/mol. The predicted molar refractivity (Wildman–Crippen MR) is 62.1 cm³/mol. The Kier molecular flexibility index (Phi) is 2.31. The Morgan fingerprint density at radius 1 is 1.38 bits per heavy atom. The number of carbonyl (C=O) groups is 1. The van der Waals surface area contributed by atoms with Crippen LogP contribution in [0.15, 0.2) is 18.2 Å². The number of nitrogens with zero attached hydrogens (tertiary/aromatic N) is 1. The SMILES string of the molecule is CC1(C)CNc2ccc(C#N)cc2NC1=O. The smallest absolute Gasteiger partial charge is 0.231 e. The van der Waals surface area contributed by atoms with E-state index in [1.165, 1.54) is 0 Å². The number of hydrogen-bond donors (Lipinski definition) is 2. The molecule has 82 valence electrons. The molecule has 4 nitrogen and oxygen atoms in total. The standard InChI is InChI=1S/C12H13N3O/c1-12(2)7-14-9-4-3-8(6-13)5-10(9)15-11(12)16/h3-5,14H,7H2,1-2H3,(H,15,16). The third-order valence-corrected chi connectivity index (χ3v) is 2.73. The van der Waals surface area contributed by atoms with Crippen LogP contribution in [0.1, 0.15) is 19.4 Å². The van der Waals surface area contributed by atoms with Crippen molar-refractivity contribution in [1.82, 2.24) is 0 Å². The zero-order chi connectivity index (χ0) is 11.8. The van der Waals surface area contributed by atoms with E-state index < -0.39 is 5.41 Å². The summed E-state index contributed by atoms with van der Waals surface area (Å²) in [7, 11) is 0. The first kappa shape index (κ1) is 10.5. The zero-order valence-electron chi connectivity index (χ0n) is 9.29. The lowest BCUT2D eigenvalue weighted by Crippen LogP contribution is -2.34. The van der Waals surface area contributed by atoms with Gasteiger partial charge in [-0.3, -0.25) is 4.79 Å². The lowest BCUT2D eigenvalue weighted by molar-refractivity contribution is -0.123. The maximum absolute atomic E-state index is 11.9. The number of fused-ring (bicyclic) bond motifs is 1. The lowest BCUT2D eigenvalue weighted by Gasteiger charge is -2.19. The fraction of sp³-hybridized carbons (Fsp3) is 0.333. The van der Waals surface area contributed by atoms with Gasteiger partial charge < -0.3 is 10.6 Å². The van der Waals surface area contributed by atoms with Crippen LogP contribution in [0.25, 0.3) is 0 Å². The number of hydrogen-bond acceptors (Lipinski definition) is 3. The summed E-state index contributed by atoms with van der Waals surface area (Å²) in [5.41, 5.74) is 1.62. The van der Waals surface area contributed by atoms with E-state index >= 15 is 0 Å². The zero-order valence-corrected chi connectivity index (χ0v) is 9.29. The van der Waals surface area contributed by atoms with E-state index in [1.54, 1.807) is 12.1 Å². The van der Waals surface area contributed by atoms with Crippen molar-refractivity contribution >= 4 is 17.3 Å². The first-order valence-corrected chi connectivity index (χ1v) is 5.12. The van der Waals surface area contributed by atoms with Crippen molar-refractivity contribution in [3.05, 3.63) is 23.8 Å². The minimum Gasteiger partial charge on any atom is -0.382 e. The summed E-state index contributed by atoms with van der Waals surface area (Å²) in [6.07, 6.45) is 0. The summed E-state index contributed by atoms with van der Waals surface area (Å²) < 4.78 is 0. The highest BCUT2D eigenvalue weighted by Gasteiger charge is 2.30. The van der Waals surface area contributed by atoms with Gasteiger partial charge in [-0.2, -0.15) is 5.26 Å². The molecular weight excluding hydrogens is 202 g/mol. The molecule has 2 rings (SSSR count). The summed E-state index contributed by atoms with van der Waals surface area (Å²) in [5.74, 6) is -0.0335. The Morgan fingerprint density at radius 2 is 2.12 bits per heavy atom. The maximum atomic E-state index is 11.9. The molecule has 0 unspecified atom stereocenters. The molecule has 0 spiro atoms. The predicted octanol–water partition coefficient (Wildman–Crippen LogP) is 1.95. The second-order valence-corrected chi connectivity index (χ2v) is 4.56. The second kappa shape index (κ2) is 3.53. The third-order valence-electron chi connectivity index (χ3n) is 2.73. The summed E-state index contributed by atoms with van der Waals surface area (Å²) in [6.45, 7) is 4.34. The normalized spacial score (nSPS) is 17.4. The van der Waals surface area contributed by atoms with Crippen LogP contribution in [0.2, 0.25) is 0 Å². The Morgan fingerprint density at radius 3 is 2.81 bits per heavy atom. The van der Waals surface area contributed by atoms with Gasteiger partial charge >= 0.3 is 0 Å². The van der Waals surface area contributed by atoms with Crippen LogP contribution in [0.3, 0.4) is 0 Å². The van der Waals surface area contributed by atoms with Crippen LogP contribution >= 0.6 is 0 Å². The van der Waals surface area contributed by atoms with Crippen LogP contribution in [-0.4, -0.2) is 12.5 Å². The fourth-order valence-corrected chi connectivity index (χ4v) is 1.56. The first-order chi connectivity index (χ1) is 7.53. The number of carbonyl (C=O) groups excluding carboxylic acids is 1.